The second-order valence-corrected chi connectivity index (χ2v) is 12.1. The van der Waals surface area contributed by atoms with Gasteiger partial charge in [-0.25, -0.2) is 14.2 Å². The van der Waals surface area contributed by atoms with Gasteiger partial charge in [0.2, 0.25) is 0 Å². The van der Waals surface area contributed by atoms with E-state index in [1.807, 2.05) is 30.3 Å². The first kappa shape index (κ1) is 25.9. The normalized spacial score (nSPS) is 21.2. The van der Waals surface area contributed by atoms with Crippen LogP contribution in [-0.2, 0) is 0 Å². The number of carboxylic acids is 1. The van der Waals surface area contributed by atoms with E-state index in [0.29, 0.717) is 23.7 Å². The largest absolute Gasteiger partial charge is 0.476 e. The number of aromatic carboxylic acids is 1. The maximum atomic E-state index is 14.0. The monoisotopic (exact) mass is 545 g/mol. The lowest BCUT2D eigenvalue weighted by Crippen LogP contribution is -2.45. The summed E-state index contributed by atoms with van der Waals surface area (Å²) >= 11 is 6.71. The number of pyridine rings is 1. The minimum atomic E-state index is -3.46. The number of aromatic nitrogens is 1. The highest BCUT2D eigenvalue weighted by Crippen LogP contribution is 2.60. The molecule has 2 aromatic carbocycles. The highest BCUT2D eigenvalue weighted by molar-refractivity contribution is 8.22. The Morgan fingerprint density at radius 1 is 1.08 bits per heavy atom. The van der Waals surface area contributed by atoms with E-state index >= 15 is 0 Å². The highest BCUT2D eigenvalue weighted by atomic mass is 35.5. The van der Waals surface area contributed by atoms with E-state index in [1.54, 1.807) is 23.5 Å². The summed E-state index contributed by atoms with van der Waals surface area (Å²) in [5, 5.41) is 9.58. The Labute approximate surface area is 222 Å². The van der Waals surface area contributed by atoms with Gasteiger partial charge in [-0.2, -0.15) is 4.31 Å². The van der Waals surface area contributed by atoms with Crippen LogP contribution in [0.3, 0.4) is 0 Å². The summed E-state index contributed by atoms with van der Waals surface area (Å²) < 4.78 is 39.2. The Hall–Kier alpha value is -2.69. The Balaban J connectivity index is 1.69. The van der Waals surface area contributed by atoms with Crippen LogP contribution in [0.2, 0.25) is 5.02 Å². The van der Waals surface area contributed by atoms with Crippen LogP contribution in [0.4, 0.5) is 15.8 Å². The molecule has 0 radical (unpaired) electrons. The molecule has 2 heterocycles. The van der Waals surface area contributed by atoms with Gasteiger partial charge >= 0.3 is 5.97 Å². The van der Waals surface area contributed by atoms with Crippen LogP contribution in [0.1, 0.15) is 42.6 Å². The van der Waals surface area contributed by atoms with Crippen LogP contribution in [0.5, 0.6) is 0 Å². The fourth-order valence-corrected chi connectivity index (χ4v) is 7.38. The van der Waals surface area contributed by atoms with Crippen molar-refractivity contribution < 1.29 is 23.4 Å². The Bertz CT molecular complexity index is 1320. The number of anilines is 2. The molecule has 0 bridgehead atoms. The summed E-state index contributed by atoms with van der Waals surface area (Å²) in [6, 6.07) is 15.2. The van der Waals surface area contributed by atoms with Crippen molar-refractivity contribution in [2.75, 3.05) is 18.5 Å². The van der Waals surface area contributed by atoms with Crippen LogP contribution >= 0.6 is 22.4 Å². The van der Waals surface area contributed by atoms with Crippen LogP contribution in [0, 0.1) is 11.7 Å². The summed E-state index contributed by atoms with van der Waals surface area (Å²) in [6.07, 6.45) is 5.46. The van der Waals surface area contributed by atoms with Gasteiger partial charge < -0.3 is 10.0 Å². The zero-order chi connectivity index (χ0) is 26.3. The van der Waals surface area contributed by atoms with Crippen LogP contribution < -0.4 is 4.90 Å². The van der Waals surface area contributed by atoms with Crippen molar-refractivity contribution in [3.8, 4) is 11.3 Å². The summed E-state index contributed by atoms with van der Waals surface area (Å²) in [7, 11) is -1.71. The molecule has 3 aromatic rings. The SMILES string of the molecule is CN1C(C2CCCCC2)CN(c2ccccc2)c2cc(Cl)c(-c3ccc(F)c(C(=O)O)n3)cc2S1(O)O. The highest BCUT2D eigenvalue weighted by Gasteiger charge is 2.41. The molecule has 1 atom stereocenters. The second kappa shape index (κ2) is 10.2. The number of rotatable bonds is 4. The van der Waals surface area contributed by atoms with Crippen molar-refractivity contribution in [1.29, 1.82) is 0 Å². The molecule has 0 spiro atoms. The first-order chi connectivity index (χ1) is 17.7. The molecule has 1 aliphatic carbocycles. The summed E-state index contributed by atoms with van der Waals surface area (Å²) in [5.74, 6) is -2.16. The maximum absolute atomic E-state index is 14.0. The molecule has 2 aliphatic rings. The predicted octanol–water partition coefficient (Wildman–Crippen LogP) is 7.30. The number of carbonyl (C=O) groups is 1. The quantitative estimate of drug-likeness (QED) is 0.316. The van der Waals surface area contributed by atoms with Crippen molar-refractivity contribution in [2.24, 2.45) is 5.92 Å². The first-order valence-electron chi connectivity index (χ1n) is 12.3. The standard InChI is InChI=1S/C27H29ClFN3O4S/c1-31-24(17-8-4-2-5-9-17)16-32(18-10-6-3-7-11-18)23-15-20(28)19(14-25(23)37(31,35)36)22-13-12-21(29)26(30-22)27(33)34/h3,6-7,10-15,17,24,35-36H,2,4-5,8-9,16H2,1H3,(H,33,34). The van der Waals surface area contributed by atoms with Gasteiger partial charge in [-0.15, -0.1) is 10.8 Å². The Kier molecular flexibility index (Phi) is 7.17. The van der Waals surface area contributed by atoms with Gasteiger partial charge in [0.25, 0.3) is 0 Å². The van der Waals surface area contributed by atoms with Crippen molar-refractivity contribution in [1.82, 2.24) is 9.29 Å². The van der Waals surface area contributed by atoms with Crippen LogP contribution in [0.15, 0.2) is 59.5 Å². The molecule has 1 fully saturated rings. The van der Waals surface area contributed by atoms with Gasteiger partial charge in [0.15, 0.2) is 11.5 Å². The van der Waals surface area contributed by atoms with Crippen LogP contribution in [-0.4, -0.2) is 49.1 Å². The van der Waals surface area contributed by atoms with Gasteiger partial charge in [-0.05, 0) is 55.2 Å². The summed E-state index contributed by atoms with van der Waals surface area (Å²) in [5.41, 5.74) is 1.15. The number of hydrogen-bond acceptors (Lipinski definition) is 6. The van der Waals surface area contributed by atoms with Crippen molar-refractivity contribution in [2.45, 2.75) is 43.0 Å². The number of carboxylic acid groups (broad SMARTS) is 1. The van der Waals surface area contributed by atoms with Gasteiger partial charge in [-0.3, -0.25) is 9.11 Å². The lowest BCUT2D eigenvalue weighted by Gasteiger charge is -2.46. The predicted molar refractivity (Wildman–Crippen MR) is 144 cm³/mol. The number of nitrogens with zero attached hydrogens (tertiary/aromatic N) is 3. The molecule has 1 aromatic heterocycles. The zero-order valence-electron chi connectivity index (χ0n) is 20.3. The molecular weight excluding hydrogens is 517 g/mol. The number of benzene rings is 2. The molecule has 10 heteroatoms. The van der Waals surface area contributed by atoms with E-state index < -0.39 is 28.3 Å². The fourth-order valence-electron chi connectivity index (χ4n) is 5.47. The molecule has 1 saturated carbocycles. The molecule has 5 rings (SSSR count). The average molecular weight is 546 g/mol. The molecule has 7 nitrogen and oxygen atoms in total. The number of likely N-dealkylation sites (N-methyl/N-ethyl adjacent to an activating group) is 1. The third kappa shape index (κ3) is 4.82. The molecular formula is C27H29ClFN3O4S. The third-order valence-electron chi connectivity index (χ3n) is 7.46. The van der Waals surface area contributed by atoms with Crippen molar-refractivity contribution in [3.63, 3.8) is 0 Å². The third-order valence-corrected chi connectivity index (χ3v) is 9.76. The number of halogens is 2. The molecule has 37 heavy (non-hydrogen) atoms. The van der Waals surface area contributed by atoms with E-state index in [-0.39, 0.29) is 21.7 Å². The first-order valence-corrected chi connectivity index (χ1v) is 14.1. The number of fused-ring (bicyclic) bond motifs is 1. The summed E-state index contributed by atoms with van der Waals surface area (Å²) in [4.78, 5) is 17.8. The van der Waals surface area contributed by atoms with Gasteiger partial charge in [0, 0.05) is 30.9 Å². The zero-order valence-corrected chi connectivity index (χ0v) is 21.9. The van der Waals surface area contributed by atoms with Crippen molar-refractivity contribution in [3.05, 3.63) is 71.1 Å². The van der Waals surface area contributed by atoms with Gasteiger partial charge in [-0.1, -0.05) is 49.1 Å². The van der Waals surface area contributed by atoms with Gasteiger partial charge in [0.05, 0.1) is 21.3 Å². The molecule has 1 aliphatic heterocycles. The Morgan fingerprint density at radius 3 is 2.46 bits per heavy atom. The minimum Gasteiger partial charge on any atom is -0.476 e. The minimum absolute atomic E-state index is 0.123. The van der Waals surface area contributed by atoms with E-state index in [9.17, 15) is 23.4 Å². The maximum Gasteiger partial charge on any atom is 0.357 e. The smallest absolute Gasteiger partial charge is 0.357 e. The number of para-hydroxylation sites is 1. The lowest BCUT2D eigenvalue weighted by atomic mass is 9.83. The number of hydrogen-bond donors (Lipinski definition) is 3. The molecule has 1 unspecified atom stereocenters. The van der Waals surface area contributed by atoms with Crippen molar-refractivity contribution >= 4 is 39.7 Å². The molecule has 3 N–H and O–H groups in total. The molecule has 0 amide bonds. The topological polar surface area (TPSA) is 97.1 Å². The molecule has 0 saturated heterocycles. The second-order valence-electron chi connectivity index (χ2n) is 9.61. The average Bonchev–Trinajstić information content (AvgIpc) is 2.97. The van der Waals surface area contributed by atoms with E-state index in [0.717, 1.165) is 37.4 Å². The lowest BCUT2D eigenvalue weighted by molar-refractivity contribution is 0.0685. The molecule has 196 valence electrons. The Morgan fingerprint density at radius 2 is 1.78 bits per heavy atom. The fraction of sp³-hybridized carbons (Fsp3) is 0.333. The van der Waals surface area contributed by atoms with Gasteiger partial charge in [0.1, 0.15) is 0 Å². The summed E-state index contributed by atoms with van der Waals surface area (Å²) in [6.45, 7) is 0.543. The van der Waals surface area contributed by atoms with E-state index in [1.165, 1.54) is 12.5 Å². The van der Waals surface area contributed by atoms with E-state index in [2.05, 4.69) is 9.88 Å². The van der Waals surface area contributed by atoms with Crippen LogP contribution in [0.25, 0.3) is 11.3 Å². The van der Waals surface area contributed by atoms with E-state index in [4.69, 9.17) is 11.6 Å².